The molecule has 1 heterocycles. The van der Waals surface area contributed by atoms with Gasteiger partial charge in [0.05, 0.1) is 11.0 Å². The van der Waals surface area contributed by atoms with Crippen LogP contribution in [0.4, 0.5) is 0 Å². The summed E-state index contributed by atoms with van der Waals surface area (Å²) in [4.78, 5) is 16.2. The second-order valence-electron chi connectivity index (χ2n) is 5.17. The van der Waals surface area contributed by atoms with Crippen LogP contribution in [-0.4, -0.2) is 15.3 Å². The lowest BCUT2D eigenvalue weighted by atomic mass is 10.1. The zero-order chi connectivity index (χ0) is 12.5. The number of hydrogen-bond donors (Lipinski definition) is 0. The highest BCUT2D eigenvalue weighted by molar-refractivity contribution is 5.83. The molecule has 0 spiro atoms. The van der Waals surface area contributed by atoms with E-state index in [9.17, 15) is 4.79 Å². The molecule has 94 valence electrons. The van der Waals surface area contributed by atoms with Crippen LogP contribution in [0.1, 0.15) is 31.5 Å². The minimum atomic E-state index is 0.394. The quantitative estimate of drug-likeness (QED) is 0.808. The molecule has 2 aromatic rings. The predicted octanol–water partition coefficient (Wildman–Crippen LogP) is 2.88. The van der Waals surface area contributed by atoms with E-state index in [2.05, 4.69) is 15.6 Å². The van der Waals surface area contributed by atoms with E-state index in [-0.39, 0.29) is 0 Å². The Kier molecular flexibility index (Phi) is 2.90. The first-order valence-electron chi connectivity index (χ1n) is 6.69. The third kappa shape index (κ3) is 2.17. The van der Waals surface area contributed by atoms with Gasteiger partial charge in [-0.1, -0.05) is 12.1 Å². The zero-order valence-electron chi connectivity index (χ0n) is 10.7. The van der Waals surface area contributed by atoms with Gasteiger partial charge in [-0.05, 0) is 31.4 Å². The molecule has 18 heavy (non-hydrogen) atoms. The molecule has 3 nitrogen and oxygen atoms in total. The number of ketones is 1. The average Bonchev–Trinajstić information content (AvgIpc) is 3.17. The molecule has 0 unspecified atom stereocenters. The fraction of sp³-hybridized carbons (Fsp3) is 0.467. The van der Waals surface area contributed by atoms with Crippen molar-refractivity contribution in [3.63, 3.8) is 0 Å². The number of imidazole rings is 1. The van der Waals surface area contributed by atoms with Crippen LogP contribution < -0.4 is 0 Å². The number of para-hydroxylation sites is 2. The number of aryl methyl sites for hydroxylation is 2. The molecule has 1 aromatic carbocycles. The molecule has 0 bridgehead atoms. The Morgan fingerprint density at radius 3 is 2.89 bits per heavy atom. The van der Waals surface area contributed by atoms with Crippen molar-refractivity contribution in [2.24, 2.45) is 13.0 Å². The molecule has 1 aliphatic carbocycles. The van der Waals surface area contributed by atoms with Crippen LogP contribution >= 0.6 is 0 Å². The molecule has 1 aliphatic rings. The first-order chi connectivity index (χ1) is 8.75. The Labute approximate surface area is 107 Å². The number of carbonyl (C=O) groups excluding carboxylic acids is 1. The van der Waals surface area contributed by atoms with Gasteiger partial charge in [-0.15, -0.1) is 0 Å². The molecule has 0 aliphatic heterocycles. The second kappa shape index (κ2) is 4.56. The predicted molar refractivity (Wildman–Crippen MR) is 71.4 cm³/mol. The van der Waals surface area contributed by atoms with Gasteiger partial charge in [0, 0.05) is 25.8 Å². The maximum atomic E-state index is 11.6. The van der Waals surface area contributed by atoms with Crippen molar-refractivity contribution in [2.45, 2.75) is 32.1 Å². The van der Waals surface area contributed by atoms with Crippen molar-refractivity contribution in [2.75, 3.05) is 0 Å². The molecule has 0 amide bonds. The Balaban J connectivity index is 1.66. The van der Waals surface area contributed by atoms with E-state index in [1.807, 2.05) is 25.2 Å². The Hall–Kier alpha value is -1.64. The maximum absolute atomic E-state index is 11.6. The number of carbonyl (C=O) groups is 1. The van der Waals surface area contributed by atoms with E-state index < -0.39 is 0 Å². The normalized spacial score (nSPS) is 15.2. The molecule has 1 aromatic heterocycles. The molecular weight excluding hydrogens is 224 g/mol. The number of hydrogen-bond acceptors (Lipinski definition) is 2. The van der Waals surface area contributed by atoms with Crippen molar-refractivity contribution in [1.29, 1.82) is 0 Å². The van der Waals surface area contributed by atoms with Gasteiger partial charge in [0.15, 0.2) is 0 Å². The van der Waals surface area contributed by atoms with Crippen molar-refractivity contribution in [3.05, 3.63) is 30.1 Å². The zero-order valence-corrected chi connectivity index (χ0v) is 10.7. The molecule has 1 fully saturated rings. The topological polar surface area (TPSA) is 34.9 Å². The summed E-state index contributed by atoms with van der Waals surface area (Å²) in [6.45, 7) is 0. The summed E-state index contributed by atoms with van der Waals surface area (Å²) in [5.74, 6) is 1.93. The largest absolute Gasteiger partial charge is 0.331 e. The van der Waals surface area contributed by atoms with Gasteiger partial charge < -0.3 is 4.57 Å². The van der Waals surface area contributed by atoms with Gasteiger partial charge in [-0.3, -0.25) is 4.79 Å². The number of rotatable bonds is 5. The molecule has 0 atom stereocenters. The summed E-state index contributed by atoms with van der Waals surface area (Å²) in [6.07, 6.45) is 4.76. The Morgan fingerprint density at radius 1 is 1.39 bits per heavy atom. The number of nitrogens with zero attached hydrogens (tertiary/aromatic N) is 2. The van der Waals surface area contributed by atoms with Gasteiger partial charge in [0.2, 0.25) is 0 Å². The van der Waals surface area contributed by atoms with Gasteiger partial charge in [-0.2, -0.15) is 0 Å². The third-order valence-corrected chi connectivity index (χ3v) is 3.74. The summed E-state index contributed by atoms with van der Waals surface area (Å²) < 4.78 is 2.14. The Bertz CT molecular complexity index is 581. The second-order valence-corrected chi connectivity index (χ2v) is 5.17. The first kappa shape index (κ1) is 11.5. The van der Waals surface area contributed by atoms with Crippen molar-refractivity contribution >= 4 is 16.8 Å². The summed E-state index contributed by atoms with van der Waals surface area (Å²) in [6, 6.07) is 8.16. The average molecular weight is 242 g/mol. The van der Waals surface area contributed by atoms with Gasteiger partial charge in [-0.25, -0.2) is 4.98 Å². The van der Waals surface area contributed by atoms with Crippen LogP contribution in [0.25, 0.3) is 11.0 Å². The molecule has 1 saturated carbocycles. The summed E-state index contributed by atoms with van der Waals surface area (Å²) in [5.41, 5.74) is 2.21. The maximum Gasteiger partial charge on any atom is 0.135 e. The fourth-order valence-electron chi connectivity index (χ4n) is 2.45. The number of benzene rings is 1. The van der Waals surface area contributed by atoms with Crippen molar-refractivity contribution in [1.82, 2.24) is 9.55 Å². The monoisotopic (exact) mass is 242 g/mol. The lowest BCUT2D eigenvalue weighted by Crippen LogP contribution is -2.03. The van der Waals surface area contributed by atoms with E-state index in [1.54, 1.807) is 0 Å². The summed E-state index contributed by atoms with van der Waals surface area (Å²) >= 11 is 0. The van der Waals surface area contributed by atoms with E-state index in [0.29, 0.717) is 18.1 Å². The SMILES string of the molecule is Cn1c(CCCC(=O)C2CC2)nc2ccccc21. The molecule has 0 saturated heterocycles. The van der Waals surface area contributed by atoms with Crippen LogP contribution in [0.5, 0.6) is 0 Å². The van der Waals surface area contributed by atoms with Crippen LogP contribution in [-0.2, 0) is 18.3 Å². The Morgan fingerprint density at radius 2 is 2.17 bits per heavy atom. The number of aromatic nitrogens is 2. The van der Waals surface area contributed by atoms with E-state index >= 15 is 0 Å². The first-order valence-corrected chi connectivity index (χ1v) is 6.69. The summed E-state index contributed by atoms with van der Waals surface area (Å²) in [5, 5.41) is 0. The lowest BCUT2D eigenvalue weighted by Gasteiger charge is -2.02. The molecule has 0 radical (unpaired) electrons. The van der Waals surface area contributed by atoms with E-state index in [1.165, 1.54) is 5.52 Å². The van der Waals surface area contributed by atoms with Crippen LogP contribution in [0, 0.1) is 5.92 Å². The molecule has 3 rings (SSSR count). The van der Waals surface area contributed by atoms with Gasteiger partial charge in [0.1, 0.15) is 11.6 Å². The van der Waals surface area contributed by atoms with E-state index in [0.717, 1.165) is 37.0 Å². The lowest BCUT2D eigenvalue weighted by molar-refractivity contribution is -0.120. The third-order valence-electron chi connectivity index (χ3n) is 3.74. The van der Waals surface area contributed by atoms with Crippen LogP contribution in [0.2, 0.25) is 0 Å². The molecule has 3 heteroatoms. The highest BCUT2D eigenvalue weighted by atomic mass is 16.1. The molecular formula is C15H18N2O. The minimum absolute atomic E-state index is 0.394. The van der Waals surface area contributed by atoms with Crippen LogP contribution in [0.3, 0.4) is 0 Å². The summed E-state index contributed by atoms with van der Waals surface area (Å²) in [7, 11) is 2.05. The van der Waals surface area contributed by atoms with Gasteiger partial charge >= 0.3 is 0 Å². The van der Waals surface area contributed by atoms with Crippen molar-refractivity contribution in [3.8, 4) is 0 Å². The highest BCUT2D eigenvalue weighted by Crippen LogP contribution is 2.31. The number of fused-ring (bicyclic) bond motifs is 1. The van der Waals surface area contributed by atoms with Crippen LogP contribution in [0.15, 0.2) is 24.3 Å². The molecule has 0 N–H and O–H groups in total. The highest BCUT2D eigenvalue weighted by Gasteiger charge is 2.28. The smallest absolute Gasteiger partial charge is 0.135 e. The van der Waals surface area contributed by atoms with Gasteiger partial charge in [0.25, 0.3) is 0 Å². The van der Waals surface area contributed by atoms with Crippen molar-refractivity contribution < 1.29 is 4.79 Å². The minimum Gasteiger partial charge on any atom is -0.331 e. The van der Waals surface area contributed by atoms with E-state index in [4.69, 9.17) is 0 Å². The standard InChI is InChI=1S/C15H18N2O/c1-17-13-6-3-2-5-12(13)16-15(17)8-4-7-14(18)11-9-10-11/h2-3,5-6,11H,4,7-10H2,1H3. The fourth-order valence-corrected chi connectivity index (χ4v) is 2.45. The number of Topliss-reactive ketones (excluding diaryl/α,β-unsaturated/α-hetero) is 1.